The van der Waals surface area contributed by atoms with Crippen LogP contribution >= 0.6 is 0 Å². The van der Waals surface area contributed by atoms with Crippen LogP contribution in [-0.4, -0.2) is 41.5 Å². The zero-order chi connectivity index (χ0) is 15.8. The van der Waals surface area contributed by atoms with Crippen molar-refractivity contribution in [3.63, 3.8) is 0 Å². The Bertz CT molecular complexity index is 419. The number of nitrogens with zero attached hydrogens (tertiary/aromatic N) is 1. The van der Waals surface area contributed by atoms with E-state index in [9.17, 15) is 22.8 Å². The van der Waals surface area contributed by atoms with Gasteiger partial charge in [-0.3, -0.25) is 9.59 Å². The van der Waals surface area contributed by atoms with Gasteiger partial charge in [0.25, 0.3) is 0 Å². The number of carbonyl (C=O) groups is 2. The van der Waals surface area contributed by atoms with Gasteiger partial charge in [0.15, 0.2) is 0 Å². The van der Waals surface area contributed by atoms with Crippen LogP contribution in [-0.2, 0) is 9.59 Å². The third-order valence-electron chi connectivity index (χ3n) is 4.04. The number of nitrogens with one attached hydrogen (secondary N) is 1. The van der Waals surface area contributed by atoms with E-state index in [-0.39, 0.29) is 36.6 Å². The summed E-state index contributed by atoms with van der Waals surface area (Å²) in [5.74, 6) is -0.439. The van der Waals surface area contributed by atoms with Crippen molar-refractivity contribution in [3.8, 4) is 0 Å². The quantitative estimate of drug-likeness (QED) is 0.845. The Balaban J connectivity index is 2.06. The topological polar surface area (TPSA) is 49.4 Å². The molecule has 2 unspecified atom stereocenters. The largest absolute Gasteiger partial charge is 0.389 e. The molecule has 0 spiro atoms. The van der Waals surface area contributed by atoms with Gasteiger partial charge in [0.2, 0.25) is 11.8 Å². The second kappa shape index (κ2) is 5.85. The fourth-order valence-corrected chi connectivity index (χ4v) is 2.87. The highest BCUT2D eigenvalue weighted by molar-refractivity contribution is 5.97. The summed E-state index contributed by atoms with van der Waals surface area (Å²) in [4.78, 5) is 26.0. The fraction of sp³-hybridized carbons (Fsp3) is 0.857. The van der Waals surface area contributed by atoms with Gasteiger partial charge in [-0.05, 0) is 31.1 Å². The van der Waals surface area contributed by atoms with E-state index in [0.717, 1.165) is 12.8 Å². The molecular weight excluding hydrogens is 285 g/mol. The molecule has 1 heterocycles. The average molecular weight is 306 g/mol. The third kappa shape index (κ3) is 3.89. The predicted molar refractivity (Wildman–Crippen MR) is 70.3 cm³/mol. The minimum atomic E-state index is -4.23. The zero-order valence-electron chi connectivity index (χ0n) is 12.2. The molecule has 4 nitrogen and oxygen atoms in total. The van der Waals surface area contributed by atoms with E-state index < -0.39 is 24.7 Å². The standard InChI is InChI=1S/C14H21F3N2O2/c1-8(2)11-12(20)18-10(9-4-5-9)13(21)19(11)7-3-6-14(15,16)17/h8-11H,3-7H2,1-2H3,(H,18,20). The van der Waals surface area contributed by atoms with Gasteiger partial charge in [-0.25, -0.2) is 0 Å². The van der Waals surface area contributed by atoms with E-state index in [0.29, 0.717) is 0 Å². The Hall–Kier alpha value is -1.27. The molecule has 1 aliphatic carbocycles. The van der Waals surface area contributed by atoms with Crippen molar-refractivity contribution >= 4 is 11.8 Å². The Morgan fingerprint density at radius 3 is 2.38 bits per heavy atom. The van der Waals surface area contributed by atoms with Crippen LogP contribution in [0.5, 0.6) is 0 Å². The smallest absolute Gasteiger partial charge is 0.342 e. The molecule has 1 saturated heterocycles. The highest BCUT2D eigenvalue weighted by atomic mass is 19.4. The molecule has 7 heteroatoms. The highest BCUT2D eigenvalue weighted by Crippen LogP contribution is 2.36. The van der Waals surface area contributed by atoms with Crippen molar-refractivity contribution in [1.29, 1.82) is 0 Å². The van der Waals surface area contributed by atoms with Crippen molar-refractivity contribution < 1.29 is 22.8 Å². The second-order valence-corrected chi connectivity index (χ2v) is 6.26. The van der Waals surface area contributed by atoms with Crippen LogP contribution in [0.4, 0.5) is 13.2 Å². The minimum Gasteiger partial charge on any atom is -0.342 e. The first-order valence-corrected chi connectivity index (χ1v) is 7.38. The minimum absolute atomic E-state index is 0.0160. The normalized spacial score (nSPS) is 27.2. The van der Waals surface area contributed by atoms with Crippen LogP contribution in [0.15, 0.2) is 0 Å². The molecule has 2 atom stereocenters. The molecule has 21 heavy (non-hydrogen) atoms. The van der Waals surface area contributed by atoms with Crippen molar-refractivity contribution in [2.75, 3.05) is 6.54 Å². The lowest BCUT2D eigenvalue weighted by Crippen LogP contribution is -2.65. The first-order valence-electron chi connectivity index (χ1n) is 7.38. The predicted octanol–water partition coefficient (Wildman–Crippen LogP) is 2.09. The maximum Gasteiger partial charge on any atom is 0.389 e. The Labute approximate surface area is 122 Å². The van der Waals surface area contributed by atoms with Crippen LogP contribution in [0.3, 0.4) is 0 Å². The summed E-state index contributed by atoms with van der Waals surface area (Å²) in [6, 6.07) is -1.21. The molecule has 0 aromatic carbocycles. The maximum atomic E-state index is 12.5. The summed E-state index contributed by atoms with van der Waals surface area (Å²) in [6.07, 6.45) is -3.55. The number of piperazine rings is 1. The van der Waals surface area contributed by atoms with Crippen LogP contribution < -0.4 is 5.32 Å². The molecule has 1 aliphatic heterocycles. The lowest BCUT2D eigenvalue weighted by molar-refractivity contribution is -0.154. The van der Waals surface area contributed by atoms with Gasteiger partial charge in [-0.1, -0.05) is 13.8 Å². The van der Waals surface area contributed by atoms with Crippen molar-refractivity contribution in [1.82, 2.24) is 10.2 Å². The molecule has 0 aromatic heterocycles. The molecule has 2 rings (SSSR count). The van der Waals surface area contributed by atoms with Crippen LogP contribution in [0.2, 0.25) is 0 Å². The molecular formula is C14H21F3N2O2. The van der Waals surface area contributed by atoms with E-state index >= 15 is 0 Å². The number of rotatable bonds is 5. The number of hydrogen-bond acceptors (Lipinski definition) is 2. The van der Waals surface area contributed by atoms with E-state index in [1.54, 1.807) is 13.8 Å². The van der Waals surface area contributed by atoms with E-state index in [4.69, 9.17) is 0 Å². The van der Waals surface area contributed by atoms with Crippen LogP contribution in [0, 0.1) is 11.8 Å². The fourth-order valence-electron chi connectivity index (χ4n) is 2.87. The zero-order valence-corrected chi connectivity index (χ0v) is 12.2. The molecule has 2 aliphatic rings. The van der Waals surface area contributed by atoms with Crippen LogP contribution in [0.1, 0.15) is 39.5 Å². The Kier molecular flexibility index (Phi) is 4.49. The average Bonchev–Trinajstić information content (AvgIpc) is 3.15. The van der Waals surface area contributed by atoms with E-state index in [1.165, 1.54) is 4.90 Å². The van der Waals surface area contributed by atoms with Gasteiger partial charge < -0.3 is 10.2 Å². The lowest BCUT2D eigenvalue weighted by atomic mass is 9.95. The molecule has 0 bridgehead atoms. The van der Waals surface area contributed by atoms with Gasteiger partial charge in [-0.2, -0.15) is 13.2 Å². The Morgan fingerprint density at radius 1 is 1.29 bits per heavy atom. The van der Waals surface area contributed by atoms with E-state index in [1.807, 2.05) is 0 Å². The molecule has 2 fully saturated rings. The van der Waals surface area contributed by atoms with Gasteiger partial charge in [-0.15, -0.1) is 0 Å². The Morgan fingerprint density at radius 2 is 1.90 bits per heavy atom. The molecule has 2 amide bonds. The first kappa shape index (κ1) is 16.1. The summed E-state index contributed by atoms with van der Waals surface area (Å²) in [5, 5.41) is 2.74. The number of halogens is 3. The van der Waals surface area contributed by atoms with Crippen molar-refractivity contribution in [2.45, 2.75) is 57.8 Å². The molecule has 1 N–H and O–H groups in total. The maximum absolute atomic E-state index is 12.5. The second-order valence-electron chi connectivity index (χ2n) is 6.26. The number of amides is 2. The monoisotopic (exact) mass is 306 g/mol. The SMILES string of the molecule is CC(C)C1C(=O)NC(C2CC2)C(=O)N1CCCC(F)(F)F. The summed E-state index contributed by atoms with van der Waals surface area (Å²) in [6.45, 7) is 3.58. The first-order chi connectivity index (χ1) is 9.70. The van der Waals surface area contributed by atoms with Gasteiger partial charge in [0.05, 0.1) is 0 Å². The van der Waals surface area contributed by atoms with Crippen molar-refractivity contribution in [3.05, 3.63) is 0 Å². The molecule has 0 aromatic rings. The highest BCUT2D eigenvalue weighted by Gasteiger charge is 2.47. The van der Waals surface area contributed by atoms with E-state index in [2.05, 4.69) is 5.32 Å². The number of carbonyl (C=O) groups excluding carboxylic acids is 2. The van der Waals surface area contributed by atoms with Gasteiger partial charge >= 0.3 is 6.18 Å². The number of alkyl halides is 3. The van der Waals surface area contributed by atoms with Gasteiger partial charge in [0, 0.05) is 13.0 Å². The lowest BCUT2D eigenvalue weighted by Gasteiger charge is -2.41. The third-order valence-corrected chi connectivity index (χ3v) is 4.04. The molecule has 1 saturated carbocycles. The number of hydrogen-bond donors (Lipinski definition) is 1. The molecule has 0 radical (unpaired) electrons. The summed E-state index contributed by atoms with van der Waals surface area (Å²) < 4.78 is 36.8. The van der Waals surface area contributed by atoms with Gasteiger partial charge in [0.1, 0.15) is 12.1 Å². The van der Waals surface area contributed by atoms with Crippen LogP contribution in [0.25, 0.3) is 0 Å². The molecule has 120 valence electrons. The van der Waals surface area contributed by atoms with Crippen molar-refractivity contribution in [2.24, 2.45) is 11.8 Å². The summed E-state index contributed by atoms with van der Waals surface area (Å²) >= 11 is 0. The summed E-state index contributed by atoms with van der Waals surface area (Å²) in [5.41, 5.74) is 0. The summed E-state index contributed by atoms with van der Waals surface area (Å²) in [7, 11) is 0.